The highest BCUT2D eigenvalue weighted by Gasteiger charge is 2.24. The molecule has 1 aliphatic carbocycles. The molecule has 0 bridgehead atoms. The van der Waals surface area contributed by atoms with Crippen LogP contribution in [0.15, 0.2) is 4.99 Å². The van der Waals surface area contributed by atoms with E-state index in [0.717, 1.165) is 25.7 Å². The average Bonchev–Trinajstić information content (AvgIpc) is 2.39. The molecule has 1 aliphatic rings. The van der Waals surface area contributed by atoms with E-state index in [1.165, 1.54) is 11.8 Å². The van der Waals surface area contributed by atoms with Crippen molar-refractivity contribution in [2.45, 2.75) is 57.0 Å². The number of amides is 4. The lowest BCUT2D eigenvalue weighted by Gasteiger charge is -2.27. The number of carbonyl (C=O) groups excluding carboxylic acids is 2. The van der Waals surface area contributed by atoms with Crippen LogP contribution in [0.25, 0.3) is 0 Å². The molecule has 4 amide bonds. The first-order valence-electron chi connectivity index (χ1n) is 7.07. The number of hydrogen-bond donors (Lipinski definition) is 3. The molecular weight excluding hydrogens is 312 g/mol. The van der Waals surface area contributed by atoms with Gasteiger partial charge in [0.05, 0.1) is 5.38 Å². The highest BCUT2D eigenvalue weighted by Crippen LogP contribution is 2.22. The van der Waals surface area contributed by atoms with Gasteiger partial charge >= 0.3 is 12.1 Å². The summed E-state index contributed by atoms with van der Waals surface area (Å²) in [6.07, 6.45) is 5.69. The topological polar surface area (TPSA) is 82.6 Å². The van der Waals surface area contributed by atoms with Gasteiger partial charge in [-0.25, -0.2) is 9.59 Å². The molecule has 0 aromatic rings. The van der Waals surface area contributed by atoms with Crippen molar-refractivity contribution in [2.24, 2.45) is 4.99 Å². The lowest BCUT2D eigenvalue weighted by molar-refractivity contribution is 0.237. The summed E-state index contributed by atoms with van der Waals surface area (Å²) in [7, 11) is 0. The van der Waals surface area contributed by atoms with Crippen LogP contribution in [-0.2, 0) is 0 Å². The summed E-state index contributed by atoms with van der Waals surface area (Å²) >= 11 is 7.40. The minimum Gasteiger partial charge on any atom is -0.334 e. The quantitative estimate of drug-likeness (QED) is 0.412. The summed E-state index contributed by atoms with van der Waals surface area (Å²) in [6.45, 7) is 3.69. The van der Waals surface area contributed by atoms with Crippen LogP contribution in [-0.4, -0.2) is 40.9 Å². The molecule has 0 aromatic heterocycles. The third-order valence-electron chi connectivity index (χ3n) is 3.03. The lowest BCUT2D eigenvalue weighted by Crippen LogP contribution is -2.48. The summed E-state index contributed by atoms with van der Waals surface area (Å²) in [6, 6.07) is -0.883. The number of rotatable bonds is 2. The first-order valence-corrected chi connectivity index (χ1v) is 8.73. The number of halogens is 1. The van der Waals surface area contributed by atoms with Gasteiger partial charge in [0, 0.05) is 12.1 Å². The van der Waals surface area contributed by atoms with Crippen molar-refractivity contribution in [3.05, 3.63) is 0 Å². The number of alkyl halides is 1. The maximum absolute atomic E-state index is 11.9. The molecule has 120 valence electrons. The zero-order valence-corrected chi connectivity index (χ0v) is 14.2. The minimum absolute atomic E-state index is 0.00238. The van der Waals surface area contributed by atoms with Crippen LogP contribution in [0.5, 0.6) is 0 Å². The van der Waals surface area contributed by atoms with Gasteiger partial charge < -0.3 is 10.6 Å². The van der Waals surface area contributed by atoms with Crippen molar-refractivity contribution in [3.63, 3.8) is 0 Å². The van der Waals surface area contributed by atoms with E-state index in [0.29, 0.717) is 0 Å². The number of carbonyl (C=O) groups is 2. The van der Waals surface area contributed by atoms with Gasteiger partial charge in [0.1, 0.15) is 0 Å². The van der Waals surface area contributed by atoms with Crippen molar-refractivity contribution >= 4 is 40.6 Å². The Morgan fingerprint density at radius 2 is 1.95 bits per heavy atom. The number of hydrogen-bond acceptors (Lipinski definition) is 3. The molecule has 3 N–H and O–H groups in total. The van der Waals surface area contributed by atoms with Gasteiger partial charge in [-0.15, -0.1) is 11.6 Å². The van der Waals surface area contributed by atoms with Crippen molar-refractivity contribution < 1.29 is 9.59 Å². The van der Waals surface area contributed by atoms with Gasteiger partial charge in [-0.3, -0.25) is 5.32 Å². The first-order chi connectivity index (χ1) is 9.92. The van der Waals surface area contributed by atoms with Crippen LogP contribution in [0.3, 0.4) is 0 Å². The van der Waals surface area contributed by atoms with Crippen molar-refractivity contribution in [2.75, 3.05) is 6.26 Å². The molecule has 1 rings (SSSR count). The normalized spacial score (nSPS) is 22.8. The van der Waals surface area contributed by atoms with Crippen LogP contribution in [0.2, 0.25) is 0 Å². The van der Waals surface area contributed by atoms with E-state index in [9.17, 15) is 9.59 Å². The second kappa shape index (κ2) is 9.15. The molecule has 8 heteroatoms. The molecular formula is C13H23ClN4O2S. The summed E-state index contributed by atoms with van der Waals surface area (Å²) in [4.78, 5) is 27.3. The third-order valence-corrected chi connectivity index (χ3v) is 4.13. The fourth-order valence-corrected chi connectivity index (χ4v) is 2.76. The first kappa shape index (κ1) is 18.1. The Hall–Kier alpha value is -0.950. The second-order valence-electron chi connectivity index (χ2n) is 5.23. The molecule has 0 heterocycles. The maximum atomic E-state index is 11.9. The van der Waals surface area contributed by atoms with Crippen molar-refractivity contribution in [3.8, 4) is 0 Å². The Labute approximate surface area is 134 Å². The molecule has 2 unspecified atom stereocenters. The van der Waals surface area contributed by atoms with Gasteiger partial charge in [0.25, 0.3) is 0 Å². The van der Waals surface area contributed by atoms with Crippen LogP contribution in [0, 0.1) is 0 Å². The van der Waals surface area contributed by atoms with Crippen molar-refractivity contribution in [1.82, 2.24) is 16.0 Å². The Balaban J connectivity index is 2.50. The largest absolute Gasteiger partial charge is 0.343 e. The van der Waals surface area contributed by atoms with Gasteiger partial charge in [0.15, 0.2) is 5.17 Å². The summed E-state index contributed by atoms with van der Waals surface area (Å²) in [5.74, 6) is 0. The SMILES string of the molecule is CSC(=NC(=O)NC(C)C)NC(=O)NC1CCCCC1Cl. The van der Waals surface area contributed by atoms with E-state index in [1.807, 2.05) is 13.8 Å². The number of amidine groups is 1. The number of urea groups is 2. The minimum atomic E-state index is -0.470. The fourth-order valence-electron chi connectivity index (χ4n) is 2.05. The molecule has 1 saturated carbocycles. The zero-order chi connectivity index (χ0) is 15.8. The Morgan fingerprint density at radius 3 is 2.52 bits per heavy atom. The standard InChI is InChI=1S/C13H23ClN4O2S/c1-8(2)15-11(19)17-13(21-3)18-12(20)16-10-7-5-4-6-9(10)14/h8-10H,4-7H2,1-3H3,(H3,15,16,17,18,19,20). The molecule has 0 aliphatic heterocycles. The molecule has 6 nitrogen and oxygen atoms in total. The third kappa shape index (κ3) is 7.04. The van der Waals surface area contributed by atoms with Crippen LogP contribution < -0.4 is 16.0 Å². The Morgan fingerprint density at radius 1 is 1.29 bits per heavy atom. The molecule has 0 radical (unpaired) electrons. The number of nitrogens with zero attached hydrogens (tertiary/aromatic N) is 1. The second-order valence-corrected chi connectivity index (χ2v) is 6.59. The Kier molecular flexibility index (Phi) is 7.88. The monoisotopic (exact) mass is 334 g/mol. The van der Waals surface area contributed by atoms with E-state index in [2.05, 4.69) is 20.9 Å². The fraction of sp³-hybridized carbons (Fsp3) is 0.769. The van der Waals surface area contributed by atoms with Crippen molar-refractivity contribution in [1.29, 1.82) is 0 Å². The summed E-state index contributed by atoms with van der Waals surface area (Å²) in [5.41, 5.74) is 0. The average molecular weight is 335 g/mol. The van der Waals surface area contributed by atoms with Gasteiger partial charge in [-0.05, 0) is 32.9 Å². The molecule has 0 saturated heterocycles. The number of aliphatic imine (C=N–C) groups is 1. The van der Waals surface area contributed by atoms with Crippen LogP contribution in [0.4, 0.5) is 9.59 Å². The van der Waals surface area contributed by atoms with Crippen LogP contribution in [0.1, 0.15) is 39.5 Å². The van der Waals surface area contributed by atoms with Gasteiger partial charge in [-0.2, -0.15) is 4.99 Å². The van der Waals surface area contributed by atoms with E-state index < -0.39 is 6.03 Å². The molecule has 21 heavy (non-hydrogen) atoms. The summed E-state index contributed by atoms with van der Waals surface area (Å²) in [5, 5.41) is 8.28. The van der Waals surface area contributed by atoms with E-state index in [-0.39, 0.29) is 28.7 Å². The highest BCUT2D eigenvalue weighted by atomic mass is 35.5. The van der Waals surface area contributed by atoms with Crippen LogP contribution >= 0.6 is 23.4 Å². The predicted molar refractivity (Wildman–Crippen MR) is 88.2 cm³/mol. The van der Waals surface area contributed by atoms with Gasteiger partial charge in [0.2, 0.25) is 0 Å². The lowest BCUT2D eigenvalue weighted by atomic mass is 9.95. The molecule has 0 aromatic carbocycles. The maximum Gasteiger partial charge on any atom is 0.343 e. The van der Waals surface area contributed by atoms with Gasteiger partial charge in [-0.1, -0.05) is 24.6 Å². The summed E-state index contributed by atoms with van der Waals surface area (Å²) < 4.78 is 0. The van der Waals surface area contributed by atoms with E-state index >= 15 is 0 Å². The highest BCUT2D eigenvalue weighted by molar-refractivity contribution is 8.13. The molecule has 1 fully saturated rings. The number of thioether (sulfide) groups is 1. The smallest absolute Gasteiger partial charge is 0.334 e. The molecule has 2 atom stereocenters. The molecule has 0 spiro atoms. The predicted octanol–water partition coefficient (Wildman–Crippen LogP) is 2.67. The number of nitrogens with one attached hydrogen (secondary N) is 3. The Bertz CT molecular complexity index is 404. The zero-order valence-electron chi connectivity index (χ0n) is 12.6. The van der Waals surface area contributed by atoms with E-state index in [1.54, 1.807) is 6.26 Å². The van der Waals surface area contributed by atoms with E-state index in [4.69, 9.17) is 11.6 Å².